The van der Waals surface area contributed by atoms with Crippen molar-refractivity contribution in [3.63, 3.8) is 0 Å². The highest BCUT2D eigenvalue weighted by atomic mass is 28.3. The highest BCUT2D eigenvalue weighted by molar-refractivity contribution is 6.49. The van der Waals surface area contributed by atoms with Crippen LogP contribution in [-0.4, -0.2) is 51.6 Å². The number of benzene rings is 1. The second-order valence-electron chi connectivity index (χ2n) is 12.1. The summed E-state index contributed by atoms with van der Waals surface area (Å²) in [5.41, 5.74) is 3.99. The van der Waals surface area contributed by atoms with Crippen LogP contribution in [0.3, 0.4) is 0 Å². The molecule has 2 aromatic rings. The predicted octanol–water partition coefficient (Wildman–Crippen LogP) is 5.80. The van der Waals surface area contributed by atoms with Gasteiger partial charge in [0.1, 0.15) is 0 Å². The molecule has 0 radical (unpaired) electrons. The number of rotatable bonds is 6. The number of ether oxygens (including phenoxy) is 1. The first-order chi connectivity index (χ1) is 17.2. The van der Waals surface area contributed by atoms with Crippen LogP contribution in [0, 0.1) is 17.3 Å². The lowest BCUT2D eigenvalue weighted by atomic mass is 9.73. The molecule has 6 heteroatoms. The van der Waals surface area contributed by atoms with E-state index in [1.807, 2.05) is 6.07 Å². The number of fused-ring (bicyclic) bond motifs is 1. The van der Waals surface area contributed by atoms with E-state index < -0.39 is 9.04 Å². The third kappa shape index (κ3) is 6.38. The molecular formula is C30H44N2O3Si. The maximum absolute atomic E-state index is 12.8. The zero-order valence-electron chi connectivity index (χ0n) is 23.0. The van der Waals surface area contributed by atoms with E-state index in [1.54, 1.807) is 0 Å². The number of methoxy groups -OCH3 is 1. The van der Waals surface area contributed by atoms with Gasteiger partial charge in [0, 0.05) is 19.0 Å². The summed E-state index contributed by atoms with van der Waals surface area (Å²) in [4.78, 5) is 20.4. The van der Waals surface area contributed by atoms with Gasteiger partial charge in [0.2, 0.25) is 9.04 Å². The molecule has 2 heterocycles. The van der Waals surface area contributed by atoms with Gasteiger partial charge in [-0.1, -0.05) is 57.2 Å². The quantitative estimate of drug-likeness (QED) is 0.280. The van der Waals surface area contributed by atoms with E-state index in [0.29, 0.717) is 11.8 Å². The molecule has 1 aromatic carbocycles. The van der Waals surface area contributed by atoms with Crippen LogP contribution in [0.2, 0.25) is 13.1 Å². The van der Waals surface area contributed by atoms with Crippen molar-refractivity contribution in [3.05, 3.63) is 59.3 Å². The first-order valence-corrected chi connectivity index (χ1v) is 16.5. The molecule has 0 amide bonds. The first kappa shape index (κ1) is 26.9. The van der Waals surface area contributed by atoms with Gasteiger partial charge in [-0.2, -0.15) is 0 Å². The van der Waals surface area contributed by atoms with E-state index in [4.69, 9.17) is 14.1 Å². The maximum Gasteiger partial charge on any atom is 0.310 e. The van der Waals surface area contributed by atoms with Gasteiger partial charge in [-0.15, -0.1) is 0 Å². The highest BCUT2D eigenvalue weighted by Crippen LogP contribution is 2.45. The lowest BCUT2D eigenvalue weighted by Gasteiger charge is -2.40. The van der Waals surface area contributed by atoms with E-state index >= 15 is 0 Å². The van der Waals surface area contributed by atoms with Crippen LogP contribution < -0.4 is 4.43 Å². The summed E-state index contributed by atoms with van der Waals surface area (Å²) < 4.78 is 11.4. The number of aryl methyl sites for hydroxylation is 1. The van der Waals surface area contributed by atoms with Crippen LogP contribution in [0.15, 0.2) is 42.5 Å². The van der Waals surface area contributed by atoms with Crippen molar-refractivity contribution in [2.45, 2.75) is 71.4 Å². The molecule has 0 saturated carbocycles. The molecule has 1 fully saturated rings. The van der Waals surface area contributed by atoms with Crippen molar-refractivity contribution >= 4 is 15.0 Å². The average Bonchev–Trinajstić information content (AvgIpc) is 3.03. The Morgan fingerprint density at radius 1 is 1.11 bits per heavy atom. The summed E-state index contributed by atoms with van der Waals surface area (Å²) in [5.74, 6) is 1.78. The summed E-state index contributed by atoms with van der Waals surface area (Å²) >= 11 is 0. The van der Waals surface area contributed by atoms with Gasteiger partial charge in [-0.05, 0) is 79.8 Å². The number of likely N-dealkylation sites (tertiary alicyclic amines) is 1. The maximum atomic E-state index is 12.8. The fraction of sp³-hybridized carbons (Fsp3) is 0.600. The smallest absolute Gasteiger partial charge is 0.310 e. The molecule has 2 aliphatic rings. The van der Waals surface area contributed by atoms with E-state index in [0.717, 1.165) is 51.2 Å². The monoisotopic (exact) mass is 508 g/mol. The Labute approximate surface area is 219 Å². The molecule has 1 aliphatic carbocycles. The van der Waals surface area contributed by atoms with E-state index in [-0.39, 0.29) is 23.2 Å². The molecule has 1 aromatic heterocycles. The summed E-state index contributed by atoms with van der Waals surface area (Å²) in [5, 5.41) is 0. The van der Waals surface area contributed by atoms with Crippen molar-refractivity contribution < 1.29 is 14.0 Å². The minimum atomic E-state index is -1.20. The lowest BCUT2D eigenvalue weighted by Crippen LogP contribution is -2.45. The summed E-state index contributed by atoms with van der Waals surface area (Å²) in [6.45, 7) is 14.2. The summed E-state index contributed by atoms with van der Waals surface area (Å²) in [6.07, 6.45) is 4.32. The number of carbonyl (C=O) groups excluding carboxylic acids is 1. The molecule has 2 unspecified atom stereocenters. The molecule has 4 atom stereocenters. The predicted molar refractivity (Wildman–Crippen MR) is 148 cm³/mol. The Morgan fingerprint density at radius 3 is 2.53 bits per heavy atom. The minimum absolute atomic E-state index is 0.0835. The zero-order valence-corrected chi connectivity index (χ0v) is 24.2. The summed E-state index contributed by atoms with van der Waals surface area (Å²) in [7, 11) is 0.321. The fourth-order valence-corrected chi connectivity index (χ4v) is 6.81. The number of carbonyl (C=O) groups is 1. The van der Waals surface area contributed by atoms with Crippen LogP contribution in [0.4, 0.5) is 0 Å². The van der Waals surface area contributed by atoms with Gasteiger partial charge in [-0.3, -0.25) is 4.79 Å². The standard InChI is InChI=1S/C30H44N2O3Si/c1-30(2,3)26-18-21(12-13-23-14-15-27(31-28(23)26)35-36(5)6)19-32-17-16-24(22-10-8-7-9-11-22)25(20-32)29(33)34-4/h7-11,14-15,21,24-26,36H,12-13,16-20H2,1-6H3/t21-,24?,25?,26-/m1/s1. The Balaban J connectivity index is 1.50. The van der Waals surface area contributed by atoms with E-state index in [1.165, 1.54) is 23.9 Å². The molecule has 0 N–H and O–H groups in total. The van der Waals surface area contributed by atoms with Crippen LogP contribution >= 0.6 is 0 Å². The average molecular weight is 509 g/mol. The van der Waals surface area contributed by atoms with Gasteiger partial charge >= 0.3 is 5.97 Å². The van der Waals surface area contributed by atoms with Crippen LogP contribution in [-0.2, 0) is 16.0 Å². The van der Waals surface area contributed by atoms with Crippen molar-refractivity contribution in [3.8, 4) is 5.88 Å². The molecule has 36 heavy (non-hydrogen) atoms. The van der Waals surface area contributed by atoms with Crippen molar-refractivity contribution in [2.75, 3.05) is 26.7 Å². The second-order valence-corrected chi connectivity index (χ2v) is 14.4. The van der Waals surface area contributed by atoms with Crippen molar-refractivity contribution in [1.82, 2.24) is 9.88 Å². The number of piperidine rings is 1. The second kappa shape index (κ2) is 11.5. The topological polar surface area (TPSA) is 51.7 Å². The van der Waals surface area contributed by atoms with Crippen molar-refractivity contribution in [2.24, 2.45) is 17.3 Å². The van der Waals surface area contributed by atoms with Gasteiger partial charge in [0.15, 0.2) is 5.88 Å². The van der Waals surface area contributed by atoms with E-state index in [9.17, 15) is 4.79 Å². The van der Waals surface area contributed by atoms with Crippen LogP contribution in [0.1, 0.15) is 68.7 Å². The van der Waals surface area contributed by atoms with Gasteiger partial charge in [0.05, 0.1) is 18.7 Å². The number of esters is 1. The van der Waals surface area contributed by atoms with Gasteiger partial charge < -0.3 is 14.1 Å². The number of nitrogens with zero attached hydrogens (tertiary/aromatic N) is 2. The number of hydrogen-bond acceptors (Lipinski definition) is 5. The molecule has 5 nitrogen and oxygen atoms in total. The molecule has 0 bridgehead atoms. The minimum Gasteiger partial charge on any atom is -0.534 e. The molecule has 196 valence electrons. The number of pyridine rings is 1. The molecule has 1 saturated heterocycles. The fourth-order valence-electron chi connectivity index (χ4n) is 6.20. The Kier molecular flexibility index (Phi) is 8.56. The number of hydrogen-bond donors (Lipinski definition) is 0. The Morgan fingerprint density at radius 2 is 1.86 bits per heavy atom. The Hall–Kier alpha value is -2.18. The first-order valence-electron chi connectivity index (χ1n) is 13.7. The summed E-state index contributed by atoms with van der Waals surface area (Å²) in [6, 6.07) is 14.8. The normalized spacial score (nSPS) is 25.2. The SMILES string of the molecule is COC(=O)C1CN(C[C@@H]2CCc3ccc(O[SiH](C)C)nc3[C@H](C(C)(C)C)C2)CCC1c1ccccc1. The third-order valence-corrected chi connectivity index (χ3v) is 8.77. The third-order valence-electron chi connectivity index (χ3n) is 8.05. The van der Waals surface area contributed by atoms with Crippen molar-refractivity contribution in [1.29, 1.82) is 0 Å². The highest BCUT2D eigenvalue weighted by Gasteiger charge is 2.39. The molecular weight excluding hydrogens is 464 g/mol. The van der Waals surface area contributed by atoms with Gasteiger partial charge in [0.25, 0.3) is 0 Å². The zero-order chi connectivity index (χ0) is 25.9. The van der Waals surface area contributed by atoms with Crippen LogP contribution in [0.5, 0.6) is 5.88 Å². The van der Waals surface area contributed by atoms with E-state index in [2.05, 4.69) is 75.2 Å². The lowest BCUT2D eigenvalue weighted by molar-refractivity contribution is -0.148. The van der Waals surface area contributed by atoms with Crippen LogP contribution in [0.25, 0.3) is 0 Å². The van der Waals surface area contributed by atoms with Gasteiger partial charge in [-0.25, -0.2) is 4.98 Å². The molecule has 0 spiro atoms. The number of aromatic nitrogens is 1. The molecule has 4 rings (SSSR count). The molecule has 1 aliphatic heterocycles. The largest absolute Gasteiger partial charge is 0.534 e. The Bertz CT molecular complexity index is 1020.